The number of rotatable bonds is 4. The molecule has 0 radical (unpaired) electrons. The van der Waals surface area contributed by atoms with Crippen LogP contribution in [0, 0.1) is 0 Å². The van der Waals surface area contributed by atoms with Crippen molar-refractivity contribution < 1.29 is 15.0 Å². The van der Waals surface area contributed by atoms with Gasteiger partial charge in [0.25, 0.3) is 0 Å². The third kappa shape index (κ3) is 2.51. The van der Waals surface area contributed by atoms with Gasteiger partial charge in [-0.1, -0.05) is 32.0 Å². The summed E-state index contributed by atoms with van der Waals surface area (Å²) in [4.78, 5) is 10.9. The van der Waals surface area contributed by atoms with Crippen LogP contribution >= 0.6 is 0 Å². The number of aliphatic hydroxyl groups is 1. The second-order valence-corrected chi connectivity index (χ2v) is 4.97. The van der Waals surface area contributed by atoms with Gasteiger partial charge < -0.3 is 10.2 Å². The second-order valence-electron chi connectivity index (χ2n) is 4.97. The van der Waals surface area contributed by atoms with E-state index >= 15 is 0 Å². The Morgan fingerprint density at radius 1 is 1.32 bits per heavy atom. The average Bonchev–Trinajstić information content (AvgIpc) is 2.89. The molecule has 0 saturated carbocycles. The van der Waals surface area contributed by atoms with Gasteiger partial charge in [-0.2, -0.15) is 5.10 Å². The number of aliphatic carboxylic acids is 1. The predicted octanol–water partition coefficient (Wildman–Crippen LogP) is 1.60. The average molecular weight is 260 g/mol. The minimum atomic E-state index is -1.47. The molecule has 0 aliphatic heterocycles. The first-order valence-electron chi connectivity index (χ1n) is 5.94. The standard InChI is InChI=1S/C14H16N2O3/c1-14(2,12(17)13(18)19)10-8-15-16(9-10)11-6-4-3-5-7-11/h3-9,12,17H,1-2H3,(H,18,19). The number of para-hydroxylation sites is 1. The quantitative estimate of drug-likeness (QED) is 0.875. The van der Waals surface area contributed by atoms with Crippen molar-refractivity contribution in [3.63, 3.8) is 0 Å². The fraction of sp³-hybridized carbons (Fsp3) is 0.286. The first-order valence-corrected chi connectivity index (χ1v) is 5.94. The van der Waals surface area contributed by atoms with Gasteiger partial charge in [0.15, 0.2) is 6.10 Å². The van der Waals surface area contributed by atoms with Gasteiger partial charge >= 0.3 is 5.97 Å². The summed E-state index contributed by atoms with van der Waals surface area (Å²) in [5.74, 6) is -1.24. The number of carbonyl (C=O) groups is 1. The van der Waals surface area contributed by atoms with Crippen LogP contribution in [0.15, 0.2) is 42.7 Å². The molecule has 5 heteroatoms. The van der Waals surface area contributed by atoms with E-state index in [1.165, 1.54) is 0 Å². The molecule has 0 aliphatic rings. The van der Waals surface area contributed by atoms with E-state index in [0.717, 1.165) is 5.69 Å². The van der Waals surface area contributed by atoms with Crippen LogP contribution in [0.5, 0.6) is 0 Å². The number of hydrogen-bond donors (Lipinski definition) is 2. The van der Waals surface area contributed by atoms with Gasteiger partial charge in [-0.3, -0.25) is 0 Å². The Morgan fingerprint density at radius 3 is 2.53 bits per heavy atom. The van der Waals surface area contributed by atoms with E-state index in [4.69, 9.17) is 5.11 Å². The van der Waals surface area contributed by atoms with Crippen LogP contribution in [0.4, 0.5) is 0 Å². The Labute approximate surface area is 111 Å². The van der Waals surface area contributed by atoms with Gasteiger partial charge in [-0.15, -0.1) is 0 Å². The largest absolute Gasteiger partial charge is 0.479 e. The second kappa shape index (κ2) is 4.85. The Kier molecular flexibility index (Phi) is 3.40. The van der Waals surface area contributed by atoms with Crippen LogP contribution in [0.25, 0.3) is 5.69 Å². The van der Waals surface area contributed by atoms with Gasteiger partial charge in [0.05, 0.1) is 11.9 Å². The molecule has 1 unspecified atom stereocenters. The van der Waals surface area contributed by atoms with Crippen molar-refractivity contribution in [3.05, 3.63) is 48.3 Å². The summed E-state index contributed by atoms with van der Waals surface area (Å²) in [6, 6.07) is 9.50. The number of nitrogens with zero attached hydrogens (tertiary/aromatic N) is 2. The van der Waals surface area contributed by atoms with Crippen LogP contribution in [0.3, 0.4) is 0 Å². The fourth-order valence-electron chi connectivity index (χ4n) is 1.84. The van der Waals surface area contributed by atoms with Gasteiger partial charge in [-0.25, -0.2) is 9.48 Å². The monoisotopic (exact) mass is 260 g/mol. The molecule has 100 valence electrons. The third-order valence-electron chi connectivity index (χ3n) is 3.26. The number of carboxylic acids is 1. The maximum atomic E-state index is 10.9. The molecule has 1 aromatic heterocycles. The lowest BCUT2D eigenvalue weighted by Gasteiger charge is -2.26. The lowest BCUT2D eigenvalue weighted by Crippen LogP contribution is -2.39. The van der Waals surface area contributed by atoms with Crippen LogP contribution in [-0.4, -0.2) is 32.1 Å². The SMILES string of the molecule is CC(C)(c1cnn(-c2ccccc2)c1)C(O)C(=O)O. The lowest BCUT2D eigenvalue weighted by molar-refractivity contribution is -0.150. The zero-order valence-electron chi connectivity index (χ0n) is 10.8. The Hall–Kier alpha value is -2.14. The topological polar surface area (TPSA) is 75.3 Å². The van der Waals surface area contributed by atoms with Crippen LogP contribution in [0.2, 0.25) is 0 Å². The molecule has 2 rings (SSSR count). The Bertz CT molecular complexity index is 575. The third-order valence-corrected chi connectivity index (χ3v) is 3.26. The minimum Gasteiger partial charge on any atom is -0.479 e. The van der Waals surface area contributed by atoms with Gasteiger partial charge in [0.2, 0.25) is 0 Å². The van der Waals surface area contributed by atoms with Crippen LogP contribution in [-0.2, 0) is 10.2 Å². The highest BCUT2D eigenvalue weighted by atomic mass is 16.4. The van der Waals surface area contributed by atoms with Gasteiger partial charge in [0, 0.05) is 11.6 Å². The van der Waals surface area contributed by atoms with E-state index in [1.54, 1.807) is 30.9 Å². The molecule has 0 bridgehead atoms. The summed E-state index contributed by atoms with van der Waals surface area (Å²) in [5, 5.41) is 22.9. The summed E-state index contributed by atoms with van der Waals surface area (Å²) in [7, 11) is 0. The first kappa shape index (κ1) is 13.3. The number of aliphatic hydroxyl groups excluding tert-OH is 1. The minimum absolute atomic E-state index is 0.672. The van der Waals surface area contributed by atoms with Gasteiger partial charge in [0.1, 0.15) is 0 Å². The van der Waals surface area contributed by atoms with E-state index in [1.807, 2.05) is 30.3 Å². The van der Waals surface area contributed by atoms with E-state index < -0.39 is 17.5 Å². The maximum Gasteiger partial charge on any atom is 0.333 e. The van der Waals surface area contributed by atoms with Crippen molar-refractivity contribution >= 4 is 5.97 Å². The zero-order chi connectivity index (χ0) is 14.0. The highest BCUT2D eigenvalue weighted by Crippen LogP contribution is 2.27. The smallest absolute Gasteiger partial charge is 0.333 e. The molecule has 1 aromatic carbocycles. The summed E-state index contributed by atoms with van der Waals surface area (Å²) < 4.78 is 1.66. The summed E-state index contributed by atoms with van der Waals surface area (Å²) in [6.45, 7) is 3.36. The molecule has 0 saturated heterocycles. The first-order chi connectivity index (χ1) is 8.93. The molecule has 5 nitrogen and oxygen atoms in total. The predicted molar refractivity (Wildman–Crippen MR) is 70.2 cm³/mol. The normalized spacial score (nSPS) is 13.2. The van der Waals surface area contributed by atoms with Crippen molar-refractivity contribution in [1.82, 2.24) is 9.78 Å². The Morgan fingerprint density at radius 2 is 1.95 bits per heavy atom. The molecule has 1 heterocycles. The molecule has 19 heavy (non-hydrogen) atoms. The molecule has 0 amide bonds. The highest BCUT2D eigenvalue weighted by molar-refractivity contribution is 5.74. The van der Waals surface area contributed by atoms with Gasteiger partial charge in [-0.05, 0) is 17.7 Å². The summed E-state index contributed by atoms with van der Waals surface area (Å²) in [5.41, 5.74) is 0.652. The lowest BCUT2D eigenvalue weighted by atomic mass is 9.81. The van der Waals surface area contributed by atoms with Crippen molar-refractivity contribution in [2.45, 2.75) is 25.4 Å². The van der Waals surface area contributed by atoms with Crippen molar-refractivity contribution in [1.29, 1.82) is 0 Å². The number of aromatic nitrogens is 2. The molecule has 0 aliphatic carbocycles. The van der Waals surface area contributed by atoms with Crippen LogP contribution in [0.1, 0.15) is 19.4 Å². The number of hydrogen-bond acceptors (Lipinski definition) is 3. The highest BCUT2D eigenvalue weighted by Gasteiger charge is 2.36. The molecule has 2 aromatic rings. The van der Waals surface area contributed by atoms with Crippen molar-refractivity contribution in [2.75, 3.05) is 0 Å². The summed E-state index contributed by atoms with van der Waals surface area (Å²) >= 11 is 0. The molecule has 0 spiro atoms. The molecule has 2 N–H and O–H groups in total. The van der Waals surface area contributed by atoms with E-state index in [0.29, 0.717) is 5.56 Å². The van der Waals surface area contributed by atoms with E-state index in [2.05, 4.69) is 5.10 Å². The molecular formula is C14H16N2O3. The summed E-state index contributed by atoms with van der Waals surface area (Å²) in [6.07, 6.45) is 1.85. The van der Waals surface area contributed by atoms with Crippen molar-refractivity contribution in [2.24, 2.45) is 0 Å². The van der Waals surface area contributed by atoms with E-state index in [9.17, 15) is 9.90 Å². The fourth-order valence-corrected chi connectivity index (χ4v) is 1.84. The zero-order valence-corrected chi connectivity index (χ0v) is 10.8. The molecule has 1 atom stereocenters. The molecular weight excluding hydrogens is 244 g/mol. The Balaban J connectivity index is 2.34. The maximum absolute atomic E-state index is 10.9. The molecule has 0 fully saturated rings. The number of benzene rings is 1. The van der Waals surface area contributed by atoms with Crippen molar-refractivity contribution in [3.8, 4) is 5.69 Å². The van der Waals surface area contributed by atoms with Crippen LogP contribution < -0.4 is 0 Å². The number of carboxylic acid groups (broad SMARTS) is 1. The van der Waals surface area contributed by atoms with E-state index in [-0.39, 0.29) is 0 Å².